The summed E-state index contributed by atoms with van der Waals surface area (Å²) in [7, 11) is -8.59. The van der Waals surface area contributed by atoms with E-state index in [4.69, 9.17) is 15.4 Å². The van der Waals surface area contributed by atoms with Gasteiger partial charge in [-0.3, -0.25) is 4.55 Å². The first-order chi connectivity index (χ1) is 6.62. The maximum Gasteiger partial charge on any atom is 0.296 e. The second kappa shape index (κ2) is 3.45. The highest BCUT2D eigenvalue weighted by molar-refractivity contribution is 7.89. The van der Waals surface area contributed by atoms with E-state index in [1.54, 1.807) is 0 Å². The Morgan fingerprint density at radius 3 is 2.07 bits per heavy atom. The van der Waals surface area contributed by atoms with Gasteiger partial charge in [0.25, 0.3) is 10.1 Å². The van der Waals surface area contributed by atoms with Crippen LogP contribution in [0.1, 0.15) is 0 Å². The highest BCUT2D eigenvalue weighted by atomic mass is 32.2. The molecule has 0 aliphatic heterocycles. The summed E-state index contributed by atoms with van der Waals surface area (Å²) in [5.41, 5.74) is 4.98. The number of hydrogen-bond acceptors (Lipinski definition) is 5. The first-order valence-electron chi connectivity index (χ1n) is 3.52. The van der Waals surface area contributed by atoms with Crippen LogP contribution < -0.4 is 10.9 Å². The van der Waals surface area contributed by atoms with Gasteiger partial charge in [-0.05, 0) is 18.2 Å². The minimum Gasteiger partial charge on any atom is -0.398 e. The van der Waals surface area contributed by atoms with E-state index < -0.39 is 29.9 Å². The van der Waals surface area contributed by atoms with Gasteiger partial charge in [-0.15, -0.1) is 0 Å². The third-order valence-corrected chi connectivity index (χ3v) is 3.41. The van der Waals surface area contributed by atoms with Gasteiger partial charge in [0, 0.05) is 0 Å². The van der Waals surface area contributed by atoms with Crippen LogP contribution in [0, 0.1) is 0 Å². The van der Waals surface area contributed by atoms with Crippen molar-refractivity contribution in [2.24, 2.45) is 5.14 Å². The fraction of sp³-hybridized carbons (Fsp3) is 0. The minimum atomic E-state index is -4.56. The van der Waals surface area contributed by atoms with E-state index in [-0.39, 0.29) is 5.69 Å². The van der Waals surface area contributed by atoms with E-state index in [1.165, 1.54) is 0 Å². The molecule has 0 heterocycles. The molecular formula is C6H8N2O5S2. The molecule has 15 heavy (non-hydrogen) atoms. The lowest BCUT2D eigenvalue weighted by atomic mass is 10.3. The molecule has 1 aromatic carbocycles. The van der Waals surface area contributed by atoms with Crippen LogP contribution in [-0.4, -0.2) is 21.4 Å². The summed E-state index contributed by atoms with van der Waals surface area (Å²) >= 11 is 0. The lowest BCUT2D eigenvalue weighted by Gasteiger charge is -2.04. The fourth-order valence-electron chi connectivity index (χ4n) is 0.915. The number of rotatable bonds is 2. The van der Waals surface area contributed by atoms with Crippen molar-refractivity contribution in [3.63, 3.8) is 0 Å². The Morgan fingerprint density at radius 2 is 1.67 bits per heavy atom. The zero-order chi connectivity index (χ0) is 11.9. The third kappa shape index (κ3) is 2.65. The van der Waals surface area contributed by atoms with E-state index in [2.05, 4.69) is 0 Å². The van der Waals surface area contributed by atoms with Crippen LogP contribution in [0.2, 0.25) is 0 Å². The molecule has 0 atom stereocenters. The molecule has 1 rings (SSSR count). The largest absolute Gasteiger partial charge is 0.398 e. The SMILES string of the molecule is Nc1ccc(S(N)(=O)=O)cc1S(=O)(=O)O. The lowest BCUT2D eigenvalue weighted by Crippen LogP contribution is -2.13. The Balaban J connectivity index is 3.57. The Kier molecular flexibility index (Phi) is 2.74. The molecule has 0 aliphatic rings. The average Bonchev–Trinajstić information content (AvgIpc) is 2.00. The second-order valence-corrected chi connectivity index (χ2v) is 5.67. The van der Waals surface area contributed by atoms with E-state index in [1.807, 2.05) is 0 Å². The van der Waals surface area contributed by atoms with Gasteiger partial charge in [0.05, 0.1) is 10.6 Å². The zero-order valence-electron chi connectivity index (χ0n) is 7.28. The third-order valence-electron chi connectivity index (χ3n) is 1.59. The second-order valence-electron chi connectivity index (χ2n) is 2.72. The Morgan fingerprint density at radius 1 is 1.13 bits per heavy atom. The molecule has 7 nitrogen and oxygen atoms in total. The number of hydrogen-bond donors (Lipinski definition) is 3. The molecule has 84 valence electrons. The molecule has 9 heteroatoms. The van der Waals surface area contributed by atoms with Crippen LogP contribution in [0.25, 0.3) is 0 Å². The highest BCUT2D eigenvalue weighted by Gasteiger charge is 2.17. The van der Waals surface area contributed by atoms with Crippen molar-refractivity contribution >= 4 is 25.8 Å². The van der Waals surface area contributed by atoms with Gasteiger partial charge in [-0.2, -0.15) is 8.42 Å². The summed E-state index contributed by atoms with van der Waals surface area (Å²) in [5, 5.41) is 4.77. The van der Waals surface area contributed by atoms with Gasteiger partial charge in [-0.25, -0.2) is 13.6 Å². The first kappa shape index (κ1) is 11.9. The number of benzene rings is 1. The number of nitrogen functional groups attached to an aromatic ring is 1. The molecular weight excluding hydrogens is 244 g/mol. The summed E-state index contributed by atoms with van der Waals surface area (Å²) < 4.78 is 52.0. The summed E-state index contributed by atoms with van der Waals surface area (Å²) in [6, 6.07) is 2.77. The zero-order valence-corrected chi connectivity index (χ0v) is 8.92. The Hall–Kier alpha value is -1.16. The molecule has 0 bridgehead atoms. The number of nitrogens with two attached hydrogens (primary N) is 2. The Bertz CT molecular complexity index is 590. The molecule has 0 saturated carbocycles. The number of anilines is 1. The molecule has 0 fully saturated rings. The van der Waals surface area contributed by atoms with Gasteiger partial charge >= 0.3 is 0 Å². The van der Waals surface area contributed by atoms with E-state index in [0.717, 1.165) is 12.1 Å². The molecule has 0 aliphatic carbocycles. The topological polar surface area (TPSA) is 141 Å². The summed E-state index contributed by atoms with van der Waals surface area (Å²) in [6.07, 6.45) is 0. The van der Waals surface area contributed by atoms with Crippen molar-refractivity contribution in [1.82, 2.24) is 0 Å². The number of sulfonamides is 1. The van der Waals surface area contributed by atoms with Crippen LogP contribution in [0.5, 0.6) is 0 Å². The minimum absolute atomic E-state index is 0.259. The monoisotopic (exact) mass is 252 g/mol. The van der Waals surface area contributed by atoms with Crippen LogP contribution in [-0.2, 0) is 20.1 Å². The maximum atomic E-state index is 10.9. The van der Waals surface area contributed by atoms with Crippen LogP contribution in [0.15, 0.2) is 28.0 Å². The highest BCUT2D eigenvalue weighted by Crippen LogP contribution is 2.21. The summed E-state index contributed by atoms with van der Waals surface area (Å²) in [6.45, 7) is 0. The molecule has 0 saturated heterocycles. The first-order valence-corrected chi connectivity index (χ1v) is 6.51. The summed E-state index contributed by atoms with van der Waals surface area (Å²) in [5.74, 6) is 0. The van der Waals surface area contributed by atoms with Crippen molar-refractivity contribution in [1.29, 1.82) is 0 Å². The Labute approximate surface area is 86.5 Å². The van der Waals surface area contributed by atoms with E-state index in [9.17, 15) is 16.8 Å². The maximum absolute atomic E-state index is 10.9. The van der Waals surface area contributed by atoms with Crippen LogP contribution >= 0.6 is 0 Å². The van der Waals surface area contributed by atoms with Crippen LogP contribution in [0.4, 0.5) is 5.69 Å². The van der Waals surface area contributed by atoms with Crippen LogP contribution in [0.3, 0.4) is 0 Å². The quantitative estimate of drug-likeness (QED) is 0.463. The molecule has 0 radical (unpaired) electrons. The van der Waals surface area contributed by atoms with Gasteiger partial charge in [0.2, 0.25) is 10.0 Å². The van der Waals surface area contributed by atoms with Gasteiger partial charge < -0.3 is 5.73 Å². The lowest BCUT2D eigenvalue weighted by molar-refractivity contribution is 0.483. The molecule has 0 unspecified atom stereocenters. The van der Waals surface area contributed by atoms with Gasteiger partial charge in [0.15, 0.2) is 0 Å². The molecule has 0 amide bonds. The molecule has 0 aromatic heterocycles. The van der Waals surface area contributed by atoms with Crippen molar-refractivity contribution in [3.05, 3.63) is 18.2 Å². The molecule has 5 N–H and O–H groups in total. The van der Waals surface area contributed by atoms with Crippen molar-refractivity contribution in [2.75, 3.05) is 5.73 Å². The normalized spacial score (nSPS) is 12.7. The molecule has 0 spiro atoms. The molecule has 1 aromatic rings. The van der Waals surface area contributed by atoms with Gasteiger partial charge in [-0.1, -0.05) is 0 Å². The van der Waals surface area contributed by atoms with Gasteiger partial charge in [0.1, 0.15) is 4.90 Å². The number of primary sulfonamides is 1. The smallest absolute Gasteiger partial charge is 0.296 e. The predicted octanol–water partition coefficient (Wildman–Crippen LogP) is -0.837. The standard InChI is InChI=1S/C6H8N2O5S2/c7-5-2-1-4(14(8,9)10)3-6(5)15(11,12)13/h1-3H,7H2,(H2,8,9,10)(H,11,12,13). The van der Waals surface area contributed by atoms with Crippen molar-refractivity contribution < 1.29 is 21.4 Å². The average molecular weight is 252 g/mol. The van der Waals surface area contributed by atoms with E-state index >= 15 is 0 Å². The van der Waals surface area contributed by atoms with Crippen molar-refractivity contribution in [3.8, 4) is 0 Å². The van der Waals surface area contributed by atoms with E-state index in [0.29, 0.717) is 6.07 Å². The fourth-order valence-corrected chi connectivity index (χ4v) is 2.17. The predicted molar refractivity (Wildman–Crippen MR) is 52.0 cm³/mol. The van der Waals surface area contributed by atoms with Crippen molar-refractivity contribution in [2.45, 2.75) is 9.79 Å². The summed E-state index contributed by atoms with van der Waals surface area (Å²) in [4.78, 5) is -1.13.